The van der Waals surface area contributed by atoms with Gasteiger partial charge in [-0.25, -0.2) is 5.43 Å². The van der Waals surface area contributed by atoms with Gasteiger partial charge in [0.15, 0.2) is 0 Å². The lowest BCUT2D eigenvalue weighted by molar-refractivity contribution is -0.120. The van der Waals surface area contributed by atoms with Crippen molar-refractivity contribution in [2.45, 2.75) is 64.7 Å². The van der Waals surface area contributed by atoms with Crippen LogP contribution in [-0.4, -0.2) is 17.5 Å². The van der Waals surface area contributed by atoms with E-state index in [1.165, 1.54) is 12.8 Å². The first kappa shape index (κ1) is 18.6. The molecule has 0 aliphatic heterocycles. The summed E-state index contributed by atoms with van der Waals surface area (Å²) in [5.41, 5.74) is 5.08. The fourth-order valence-electron chi connectivity index (χ4n) is 3.99. The second-order valence-electron chi connectivity index (χ2n) is 7.44. The van der Waals surface area contributed by atoms with Gasteiger partial charge in [0.05, 0.1) is 0 Å². The third kappa shape index (κ3) is 4.71. The fourth-order valence-corrected chi connectivity index (χ4v) is 3.99. The van der Waals surface area contributed by atoms with Gasteiger partial charge in [0, 0.05) is 22.9 Å². The zero-order chi connectivity index (χ0) is 18.4. The first-order chi connectivity index (χ1) is 12.7. The summed E-state index contributed by atoms with van der Waals surface area (Å²) in [6, 6.07) is 7.04. The van der Waals surface area contributed by atoms with E-state index in [-0.39, 0.29) is 17.7 Å². The van der Waals surface area contributed by atoms with Gasteiger partial charge in [-0.15, -0.1) is 0 Å². The van der Waals surface area contributed by atoms with E-state index in [2.05, 4.69) is 22.8 Å². The van der Waals surface area contributed by atoms with Crippen LogP contribution in [0.2, 0.25) is 0 Å². The molecule has 140 valence electrons. The van der Waals surface area contributed by atoms with E-state index in [4.69, 9.17) is 0 Å². The molecule has 1 aromatic rings. The molecule has 2 fully saturated rings. The van der Waals surface area contributed by atoms with Gasteiger partial charge in [-0.1, -0.05) is 26.2 Å². The van der Waals surface area contributed by atoms with Crippen molar-refractivity contribution in [2.75, 3.05) is 5.32 Å². The van der Waals surface area contributed by atoms with Gasteiger partial charge in [-0.05, 0) is 68.7 Å². The molecule has 3 rings (SSSR count). The molecule has 2 aliphatic rings. The largest absolute Gasteiger partial charge is 0.326 e. The molecule has 1 unspecified atom stereocenters. The van der Waals surface area contributed by atoms with Crippen molar-refractivity contribution in [3.63, 3.8) is 0 Å². The van der Waals surface area contributed by atoms with E-state index in [9.17, 15) is 9.59 Å². The normalized spacial score (nSPS) is 22.3. The van der Waals surface area contributed by atoms with Crippen LogP contribution in [-0.2, 0) is 4.79 Å². The molecule has 1 atom stereocenters. The monoisotopic (exact) mass is 355 g/mol. The highest BCUT2D eigenvalue weighted by molar-refractivity contribution is 5.97. The van der Waals surface area contributed by atoms with Crippen LogP contribution in [0.4, 0.5) is 5.69 Å². The van der Waals surface area contributed by atoms with Crippen LogP contribution >= 0.6 is 0 Å². The summed E-state index contributed by atoms with van der Waals surface area (Å²) in [5.74, 6) is 0.526. The molecular formula is C21H29N3O2. The van der Waals surface area contributed by atoms with Crippen molar-refractivity contribution in [1.29, 1.82) is 0 Å². The maximum absolute atomic E-state index is 12.3. The summed E-state index contributed by atoms with van der Waals surface area (Å²) >= 11 is 0. The predicted octanol–water partition coefficient (Wildman–Crippen LogP) is 4.50. The lowest BCUT2D eigenvalue weighted by atomic mass is 9.88. The number of benzene rings is 1. The molecule has 0 aromatic heterocycles. The van der Waals surface area contributed by atoms with Crippen molar-refractivity contribution in [3.05, 3.63) is 29.8 Å². The summed E-state index contributed by atoms with van der Waals surface area (Å²) < 4.78 is 0. The fraction of sp³-hybridized carbons (Fsp3) is 0.571. The third-order valence-electron chi connectivity index (χ3n) is 5.64. The summed E-state index contributed by atoms with van der Waals surface area (Å²) in [7, 11) is 0. The van der Waals surface area contributed by atoms with E-state index in [1.54, 1.807) is 24.3 Å². The van der Waals surface area contributed by atoms with Gasteiger partial charge in [0.25, 0.3) is 5.91 Å². The van der Waals surface area contributed by atoms with Crippen molar-refractivity contribution >= 4 is 23.2 Å². The molecule has 2 saturated carbocycles. The van der Waals surface area contributed by atoms with Gasteiger partial charge in [0.2, 0.25) is 5.91 Å². The Morgan fingerprint density at radius 2 is 1.77 bits per heavy atom. The number of amides is 2. The number of carbonyl (C=O) groups is 2. The number of hydrogen-bond acceptors (Lipinski definition) is 3. The molecule has 2 amide bonds. The highest BCUT2D eigenvalue weighted by Gasteiger charge is 2.22. The van der Waals surface area contributed by atoms with Crippen molar-refractivity contribution in [2.24, 2.45) is 16.9 Å². The zero-order valence-corrected chi connectivity index (χ0v) is 15.6. The molecule has 5 heteroatoms. The Morgan fingerprint density at radius 3 is 2.46 bits per heavy atom. The number of hydrazone groups is 1. The van der Waals surface area contributed by atoms with Crippen LogP contribution in [0.3, 0.4) is 0 Å². The summed E-state index contributed by atoms with van der Waals surface area (Å²) in [5, 5.41) is 7.30. The average Bonchev–Trinajstić information content (AvgIpc) is 3.15. The van der Waals surface area contributed by atoms with E-state index in [1.807, 2.05) is 0 Å². The highest BCUT2D eigenvalue weighted by atomic mass is 16.2. The molecule has 2 N–H and O–H groups in total. The maximum atomic E-state index is 12.3. The first-order valence-electron chi connectivity index (χ1n) is 9.95. The Hall–Kier alpha value is -2.17. The molecule has 2 aliphatic carbocycles. The number of carbonyl (C=O) groups excluding carboxylic acids is 2. The minimum atomic E-state index is -0.204. The standard InChI is InChI=1S/C21H29N3O2/c1-2-15-9-6-10-19(15)23-24-21(26)17-11-13-18(14-12-17)22-20(25)16-7-4-3-5-8-16/h11-16H,2-10H2,1H3,(H,22,25)(H,24,26)/b23-19+. The number of rotatable bonds is 5. The van der Waals surface area contributed by atoms with Gasteiger partial charge in [-0.3, -0.25) is 9.59 Å². The van der Waals surface area contributed by atoms with E-state index in [0.29, 0.717) is 11.5 Å². The van der Waals surface area contributed by atoms with E-state index < -0.39 is 0 Å². The topological polar surface area (TPSA) is 70.6 Å². The van der Waals surface area contributed by atoms with Crippen LogP contribution in [0.15, 0.2) is 29.4 Å². The number of nitrogens with one attached hydrogen (secondary N) is 2. The zero-order valence-electron chi connectivity index (χ0n) is 15.6. The molecule has 5 nitrogen and oxygen atoms in total. The summed E-state index contributed by atoms with van der Waals surface area (Å²) in [6.07, 6.45) is 9.84. The highest BCUT2D eigenvalue weighted by Crippen LogP contribution is 2.26. The maximum Gasteiger partial charge on any atom is 0.271 e. The summed E-state index contributed by atoms with van der Waals surface area (Å²) in [6.45, 7) is 2.16. The van der Waals surface area contributed by atoms with Crippen molar-refractivity contribution < 1.29 is 9.59 Å². The number of hydrogen-bond donors (Lipinski definition) is 2. The first-order valence-corrected chi connectivity index (χ1v) is 9.95. The van der Waals surface area contributed by atoms with Gasteiger partial charge in [-0.2, -0.15) is 5.10 Å². The van der Waals surface area contributed by atoms with Crippen molar-refractivity contribution in [3.8, 4) is 0 Å². The smallest absolute Gasteiger partial charge is 0.271 e. The predicted molar refractivity (Wildman–Crippen MR) is 104 cm³/mol. The molecule has 0 bridgehead atoms. The Labute approximate surface area is 155 Å². The van der Waals surface area contributed by atoms with Crippen LogP contribution in [0.5, 0.6) is 0 Å². The quantitative estimate of drug-likeness (QED) is 0.763. The number of anilines is 1. The Balaban J connectivity index is 1.54. The van der Waals surface area contributed by atoms with Crippen LogP contribution in [0.1, 0.15) is 75.1 Å². The SMILES string of the molecule is CCC1CCC/C1=N\NC(=O)c1ccc(NC(=O)C2CCCCC2)cc1. The molecular weight excluding hydrogens is 326 g/mol. The summed E-state index contributed by atoms with van der Waals surface area (Å²) in [4.78, 5) is 24.6. The molecule has 0 spiro atoms. The molecule has 1 aromatic carbocycles. The van der Waals surface area contributed by atoms with Crippen LogP contribution in [0, 0.1) is 11.8 Å². The van der Waals surface area contributed by atoms with Gasteiger partial charge >= 0.3 is 0 Å². The minimum Gasteiger partial charge on any atom is -0.326 e. The second-order valence-corrected chi connectivity index (χ2v) is 7.44. The number of nitrogens with zero attached hydrogens (tertiary/aromatic N) is 1. The van der Waals surface area contributed by atoms with Gasteiger partial charge < -0.3 is 5.32 Å². The van der Waals surface area contributed by atoms with Crippen LogP contribution in [0.25, 0.3) is 0 Å². The Morgan fingerprint density at radius 1 is 1.04 bits per heavy atom. The third-order valence-corrected chi connectivity index (χ3v) is 5.64. The van der Waals surface area contributed by atoms with E-state index >= 15 is 0 Å². The Kier molecular flexibility index (Phi) is 6.42. The van der Waals surface area contributed by atoms with Crippen molar-refractivity contribution in [1.82, 2.24) is 5.43 Å². The average molecular weight is 355 g/mol. The molecule has 0 saturated heterocycles. The van der Waals surface area contributed by atoms with Gasteiger partial charge in [0.1, 0.15) is 0 Å². The Bertz CT molecular complexity index is 660. The molecule has 0 heterocycles. The van der Waals surface area contributed by atoms with E-state index in [0.717, 1.165) is 56.3 Å². The minimum absolute atomic E-state index is 0.0974. The van der Waals surface area contributed by atoms with Crippen LogP contribution < -0.4 is 10.7 Å². The molecule has 0 radical (unpaired) electrons. The lowest BCUT2D eigenvalue weighted by Crippen LogP contribution is -2.24. The lowest BCUT2D eigenvalue weighted by Gasteiger charge is -2.20. The molecule has 26 heavy (non-hydrogen) atoms. The second kappa shape index (κ2) is 8.97.